The SMILES string of the molecule is COC(=O)c1sc(C(C)(F)F)c(C(O)O)c1Oc1ccccc1. The van der Waals surface area contributed by atoms with Crippen LogP contribution in [0.5, 0.6) is 11.5 Å². The minimum absolute atomic E-state index is 0.253. The van der Waals surface area contributed by atoms with E-state index in [1.165, 1.54) is 12.1 Å². The van der Waals surface area contributed by atoms with Crippen LogP contribution in [0.15, 0.2) is 30.3 Å². The van der Waals surface area contributed by atoms with E-state index in [2.05, 4.69) is 4.74 Å². The van der Waals surface area contributed by atoms with Crippen molar-refractivity contribution in [2.24, 2.45) is 0 Å². The Bertz CT molecular complexity index is 692. The molecule has 2 N–H and O–H groups in total. The summed E-state index contributed by atoms with van der Waals surface area (Å²) in [5.74, 6) is -4.38. The first-order valence-electron chi connectivity index (χ1n) is 6.48. The van der Waals surface area contributed by atoms with Crippen molar-refractivity contribution in [3.8, 4) is 11.5 Å². The van der Waals surface area contributed by atoms with Crippen molar-refractivity contribution < 1.29 is 33.3 Å². The van der Waals surface area contributed by atoms with Crippen molar-refractivity contribution in [3.63, 3.8) is 0 Å². The summed E-state index contributed by atoms with van der Waals surface area (Å²) in [6, 6.07) is 8.08. The van der Waals surface area contributed by atoms with Gasteiger partial charge in [0.25, 0.3) is 5.92 Å². The molecule has 0 aliphatic carbocycles. The van der Waals surface area contributed by atoms with Gasteiger partial charge in [-0.05, 0) is 12.1 Å². The smallest absolute Gasteiger partial charge is 0.351 e. The van der Waals surface area contributed by atoms with Gasteiger partial charge >= 0.3 is 5.97 Å². The van der Waals surface area contributed by atoms with Gasteiger partial charge in [-0.15, -0.1) is 11.3 Å². The largest absolute Gasteiger partial charge is 0.465 e. The third-order valence-corrected chi connectivity index (χ3v) is 4.23. The average molecular weight is 344 g/mol. The Hall–Kier alpha value is -2.03. The molecule has 124 valence electrons. The maximum absolute atomic E-state index is 13.8. The number of thiophene rings is 1. The van der Waals surface area contributed by atoms with Crippen LogP contribution < -0.4 is 4.74 Å². The zero-order valence-corrected chi connectivity index (χ0v) is 13.1. The summed E-state index contributed by atoms with van der Waals surface area (Å²) in [5.41, 5.74) is -0.549. The number of aliphatic hydroxyl groups is 2. The number of ether oxygens (including phenoxy) is 2. The molecule has 2 rings (SSSR count). The van der Waals surface area contributed by atoms with E-state index in [-0.39, 0.29) is 16.4 Å². The summed E-state index contributed by atoms with van der Waals surface area (Å²) in [5, 5.41) is 19.0. The lowest BCUT2D eigenvalue weighted by atomic mass is 10.1. The van der Waals surface area contributed by atoms with E-state index in [0.717, 1.165) is 7.11 Å². The van der Waals surface area contributed by atoms with Gasteiger partial charge in [-0.25, -0.2) is 13.6 Å². The fraction of sp³-hybridized carbons (Fsp3) is 0.267. The maximum Gasteiger partial charge on any atom is 0.351 e. The molecule has 0 bridgehead atoms. The molecule has 0 fully saturated rings. The monoisotopic (exact) mass is 344 g/mol. The molecule has 0 aliphatic rings. The van der Waals surface area contributed by atoms with Gasteiger partial charge in [0.1, 0.15) is 5.75 Å². The first kappa shape index (κ1) is 17.3. The van der Waals surface area contributed by atoms with E-state index in [9.17, 15) is 23.8 Å². The minimum atomic E-state index is -3.38. The second kappa shape index (κ2) is 6.61. The molecule has 1 aromatic heterocycles. The highest BCUT2D eigenvalue weighted by molar-refractivity contribution is 7.14. The van der Waals surface area contributed by atoms with E-state index in [0.29, 0.717) is 18.3 Å². The Morgan fingerprint density at radius 1 is 1.26 bits per heavy atom. The second-order valence-corrected chi connectivity index (χ2v) is 5.69. The summed E-state index contributed by atoms with van der Waals surface area (Å²) in [4.78, 5) is 10.9. The van der Waals surface area contributed by atoms with Crippen molar-refractivity contribution in [3.05, 3.63) is 45.6 Å². The molecule has 1 aromatic carbocycles. The van der Waals surface area contributed by atoms with Gasteiger partial charge in [-0.3, -0.25) is 0 Å². The average Bonchev–Trinajstić information content (AvgIpc) is 2.87. The van der Waals surface area contributed by atoms with E-state index in [1.807, 2.05) is 0 Å². The van der Waals surface area contributed by atoms with Crippen LogP contribution in [-0.4, -0.2) is 23.3 Å². The highest BCUT2D eigenvalue weighted by atomic mass is 32.1. The molecule has 2 aromatic rings. The quantitative estimate of drug-likeness (QED) is 0.642. The lowest BCUT2D eigenvalue weighted by Crippen LogP contribution is -2.10. The Kier molecular flexibility index (Phi) is 4.98. The van der Waals surface area contributed by atoms with Crippen molar-refractivity contribution in [1.82, 2.24) is 0 Å². The topological polar surface area (TPSA) is 76.0 Å². The van der Waals surface area contributed by atoms with Crippen LogP contribution in [0.1, 0.15) is 33.3 Å². The van der Waals surface area contributed by atoms with Gasteiger partial charge in [0, 0.05) is 6.92 Å². The number of rotatable bonds is 5. The van der Waals surface area contributed by atoms with Crippen LogP contribution in [0, 0.1) is 0 Å². The normalized spacial score (nSPS) is 11.6. The molecule has 0 aliphatic heterocycles. The van der Waals surface area contributed by atoms with Crippen LogP contribution >= 0.6 is 11.3 Å². The number of alkyl halides is 2. The molecule has 5 nitrogen and oxygen atoms in total. The third-order valence-electron chi connectivity index (χ3n) is 2.89. The van der Waals surface area contributed by atoms with Crippen LogP contribution in [0.25, 0.3) is 0 Å². The van der Waals surface area contributed by atoms with Crippen molar-refractivity contribution >= 4 is 17.3 Å². The standard InChI is InChI=1S/C15H14F2O5S/c1-15(16,17)12-9(13(18)19)10(11(23-12)14(20)21-2)22-8-6-4-3-5-7-8/h3-7,13,18-19H,1-2H3. The molecule has 0 amide bonds. The second-order valence-electron chi connectivity index (χ2n) is 4.67. The van der Waals surface area contributed by atoms with Crippen molar-refractivity contribution in [2.45, 2.75) is 19.1 Å². The zero-order chi connectivity index (χ0) is 17.2. The van der Waals surface area contributed by atoms with Crippen molar-refractivity contribution in [1.29, 1.82) is 0 Å². The number of hydrogen-bond donors (Lipinski definition) is 2. The highest BCUT2D eigenvalue weighted by Gasteiger charge is 2.38. The molecular formula is C15H14F2O5S. The summed E-state index contributed by atoms with van der Waals surface area (Å²) in [6.45, 7) is 0.595. The fourth-order valence-corrected chi connectivity index (χ4v) is 3.03. The molecule has 8 heteroatoms. The predicted molar refractivity (Wildman–Crippen MR) is 78.9 cm³/mol. The Morgan fingerprint density at radius 3 is 2.35 bits per heavy atom. The number of carbonyl (C=O) groups excluding carboxylic acids is 1. The van der Waals surface area contributed by atoms with Gasteiger partial charge in [-0.1, -0.05) is 18.2 Å². The number of esters is 1. The Morgan fingerprint density at radius 2 is 1.87 bits per heavy atom. The third kappa shape index (κ3) is 3.66. The zero-order valence-electron chi connectivity index (χ0n) is 12.2. The van der Waals surface area contributed by atoms with Gasteiger partial charge < -0.3 is 19.7 Å². The Labute approximate surface area is 134 Å². The van der Waals surface area contributed by atoms with Crippen molar-refractivity contribution in [2.75, 3.05) is 7.11 Å². The molecule has 0 spiro atoms. The van der Waals surface area contributed by atoms with Gasteiger partial charge in [-0.2, -0.15) is 0 Å². The molecular weight excluding hydrogens is 330 g/mol. The lowest BCUT2D eigenvalue weighted by molar-refractivity contribution is -0.0506. The number of hydrogen-bond acceptors (Lipinski definition) is 6. The first-order valence-corrected chi connectivity index (χ1v) is 7.29. The number of methoxy groups -OCH3 is 1. The summed E-state index contributed by atoms with van der Waals surface area (Å²) in [6.07, 6.45) is -2.23. The number of benzene rings is 1. The fourth-order valence-electron chi connectivity index (χ4n) is 1.92. The van der Waals surface area contributed by atoms with Crippen LogP contribution in [0.2, 0.25) is 0 Å². The molecule has 0 atom stereocenters. The molecule has 0 saturated carbocycles. The molecule has 0 unspecified atom stereocenters. The van der Waals surface area contributed by atoms with E-state index in [4.69, 9.17) is 4.74 Å². The predicted octanol–water partition coefficient (Wildman–Crippen LogP) is 3.42. The molecule has 23 heavy (non-hydrogen) atoms. The minimum Gasteiger partial charge on any atom is -0.465 e. The Balaban J connectivity index is 2.65. The molecule has 1 heterocycles. The van der Waals surface area contributed by atoms with Crippen LogP contribution in [-0.2, 0) is 10.7 Å². The maximum atomic E-state index is 13.8. The number of halogens is 2. The van der Waals surface area contributed by atoms with Gasteiger partial charge in [0.05, 0.1) is 17.6 Å². The number of aliphatic hydroxyl groups excluding tert-OH is 1. The van der Waals surface area contributed by atoms with E-state index >= 15 is 0 Å². The summed E-state index contributed by atoms with van der Waals surface area (Å²) in [7, 11) is 1.09. The number of para-hydroxylation sites is 1. The summed E-state index contributed by atoms with van der Waals surface area (Å²) < 4.78 is 37.5. The lowest BCUT2D eigenvalue weighted by Gasteiger charge is -2.14. The molecule has 0 saturated heterocycles. The van der Waals surface area contributed by atoms with E-state index < -0.39 is 28.6 Å². The first-order chi connectivity index (χ1) is 10.8. The van der Waals surface area contributed by atoms with Gasteiger partial charge in [0.2, 0.25) is 0 Å². The molecule has 0 radical (unpaired) electrons. The summed E-state index contributed by atoms with van der Waals surface area (Å²) >= 11 is 0.404. The van der Waals surface area contributed by atoms with Gasteiger partial charge in [0.15, 0.2) is 16.9 Å². The van der Waals surface area contributed by atoms with Crippen LogP contribution in [0.3, 0.4) is 0 Å². The number of carbonyl (C=O) groups is 1. The van der Waals surface area contributed by atoms with Crippen LogP contribution in [0.4, 0.5) is 8.78 Å². The van der Waals surface area contributed by atoms with E-state index in [1.54, 1.807) is 18.2 Å². The highest BCUT2D eigenvalue weighted by Crippen LogP contribution is 2.47.